The Morgan fingerprint density at radius 3 is 1.95 bits per heavy atom. The van der Waals surface area contributed by atoms with E-state index in [9.17, 15) is 0 Å². The number of hydrogen-bond donors (Lipinski definition) is 0. The summed E-state index contributed by atoms with van der Waals surface area (Å²) in [5.74, 6) is 0. The van der Waals surface area contributed by atoms with Crippen molar-refractivity contribution in [2.75, 3.05) is 0 Å². The van der Waals surface area contributed by atoms with Crippen molar-refractivity contribution in [3.63, 3.8) is 0 Å². The van der Waals surface area contributed by atoms with Crippen molar-refractivity contribution in [2.24, 2.45) is 0 Å². The van der Waals surface area contributed by atoms with Crippen molar-refractivity contribution in [3.8, 4) is 0 Å². The molecule has 0 amide bonds. The fraction of sp³-hybridized carbons (Fsp3) is 0.579. The van der Waals surface area contributed by atoms with Gasteiger partial charge in [-0.3, -0.25) is 0 Å². The molecule has 1 saturated carbocycles. The van der Waals surface area contributed by atoms with E-state index in [-0.39, 0.29) is 0 Å². The van der Waals surface area contributed by atoms with Crippen LogP contribution in [0.15, 0.2) is 43.0 Å². The Balaban J connectivity index is 2.65. The van der Waals surface area contributed by atoms with Gasteiger partial charge >= 0.3 is 141 Å². The molecule has 0 aromatic heterocycles. The average molecular weight is 498 g/mol. The Labute approximate surface area is 140 Å². The van der Waals surface area contributed by atoms with Gasteiger partial charge in [0.1, 0.15) is 0 Å². The molecular weight excluding hydrogens is 466 g/mol. The molecule has 1 aromatic rings. The van der Waals surface area contributed by atoms with Gasteiger partial charge in [0.2, 0.25) is 0 Å². The summed E-state index contributed by atoms with van der Waals surface area (Å²) < 4.78 is 1.55. The molecule has 1 aromatic carbocycles. The predicted molar refractivity (Wildman–Crippen MR) is 102 cm³/mol. The van der Waals surface area contributed by atoms with Crippen molar-refractivity contribution in [2.45, 2.75) is 55.8 Å². The first kappa shape index (κ1) is 17.9. The van der Waals surface area contributed by atoms with Crippen molar-refractivity contribution < 1.29 is 0 Å². The molecule has 0 unspecified atom stereocenters. The van der Waals surface area contributed by atoms with Gasteiger partial charge in [-0.2, -0.15) is 0 Å². The van der Waals surface area contributed by atoms with Crippen LogP contribution in [-0.2, 0) is 5.41 Å². The molecular formula is C19H32Sn2. The molecule has 0 bridgehead atoms. The summed E-state index contributed by atoms with van der Waals surface area (Å²) in [5.41, 5.74) is 2.00. The van der Waals surface area contributed by atoms with Gasteiger partial charge in [-0.05, 0) is 0 Å². The molecule has 1 fully saturated rings. The second-order valence-corrected chi connectivity index (χ2v) is 39.6. The van der Waals surface area contributed by atoms with E-state index in [1.165, 1.54) is 6.42 Å². The molecule has 0 spiro atoms. The van der Waals surface area contributed by atoms with Crippen LogP contribution in [0.4, 0.5) is 0 Å². The van der Waals surface area contributed by atoms with Crippen molar-refractivity contribution in [1.82, 2.24) is 0 Å². The van der Waals surface area contributed by atoms with Crippen LogP contribution in [-0.4, -0.2) is 36.8 Å². The third-order valence-corrected chi connectivity index (χ3v) is 26.8. The number of allylic oxidation sites excluding steroid dienone is 1. The fourth-order valence-corrected chi connectivity index (χ4v) is 45.2. The Morgan fingerprint density at radius 2 is 1.57 bits per heavy atom. The van der Waals surface area contributed by atoms with Crippen molar-refractivity contribution >= 4 is 36.8 Å². The van der Waals surface area contributed by atoms with Crippen LogP contribution >= 0.6 is 0 Å². The van der Waals surface area contributed by atoms with Crippen LogP contribution in [0.25, 0.3) is 0 Å². The van der Waals surface area contributed by atoms with E-state index in [0.717, 1.165) is 3.93 Å². The molecule has 116 valence electrons. The maximum absolute atomic E-state index is 4.13. The Hall–Kier alpha value is 0.557. The van der Waals surface area contributed by atoms with Crippen molar-refractivity contribution in [1.29, 1.82) is 0 Å². The first-order valence-corrected chi connectivity index (χ1v) is 28.4. The topological polar surface area (TPSA) is 0 Å². The molecule has 0 N–H and O–H groups in total. The monoisotopic (exact) mass is 500 g/mol. The molecule has 0 aliphatic heterocycles. The summed E-state index contributed by atoms with van der Waals surface area (Å²) in [6.07, 6.45) is 3.46. The molecule has 0 heterocycles. The number of benzene rings is 1. The molecule has 2 heteroatoms. The molecule has 1 aliphatic carbocycles. The predicted octanol–water partition coefficient (Wildman–Crippen LogP) is 6.32. The van der Waals surface area contributed by atoms with E-state index in [1.54, 1.807) is 5.56 Å². The molecule has 1 aliphatic rings. The van der Waals surface area contributed by atoms with Gasteiger partial charge in [-0.15, -0.1) is 0 Å². The zero-order valence-electron chi connectivity index (χ0n) is 15.0. The Morgan fingerprint density at radius 1 is 1.05 bits per heavy atom. The molecule has 0 saturated heterocycles. The Kier molecular flexibility index (Phi) is 4.75. The van der Waals surface area contributed by atoms with Crippen LogP contribution < -0.4 is 0 Å². The maximum atomic E-state index is 4.13. The van der Waals surface area contributed by atoms with Crippen LogP contribution in [0, 0.1) is 0 Å². The summed E-state index contributed by atoms with van der Waals surface area (Å²) in [4.78, 5) is 15.9. The standard InChI is InChI=1S/C13H14.6CH3.2Sn/c1-3-7-12-10-13(12,2)11-8-5-4-6-9-11;;;;;;;;/h3-6,8-10H,1,7H2,2H3;6*1H3;;/t13-;;;;;;;;/m1......../s1. The van der Waals surface area contributed by atoms with E-state index in [0.29, 0.717) is 8.85 Å². The fourth-order valence-electron chi connectivity index (χ4n) is 5.58. The number of hydrogen-bond acceptors (Lipinski definition) is 0. The molecule has 0 radical (unpaired) electrons. The van der Waals surface area contributed by atoms with E-state index < -0.39 is 36.8 Å². The van der Waals surface area contributed by atoms with Gasteiger partial charge in [0.15, 0.2) is 0 Å². The number of rotatable bonds is 5. The summed E-state index contributed by atoms with van der Waals surface area (Å²) >= 11 is -4.15. The van der Waals surface area contributed by atoms with Crippen LogP contribution in [0.1, 0.15) is 18.9 Å². The van der Waals surface area contributed by atoms with Crippen LogP contribution in [0.5, 0.6) is 0 Å². The molecule has 3 atom stereocenters. The minimum atomic E-state index is -2.13. The first-order valence-electron chi connectivity index (χ1n) is 8.20. The van der Waals surface area contributed by atoms with E-state index in [4.69, 9.17) is 0 Å². The third-order valence-electron chi connectivity index (χ3n) is 5.96. The average Bonchev–Trinajstić information content (AvgIpc) is 2.93. The van der Waals surface area contributed by atoms with Gasteiger partial charge < -0.3 is 0 Å². The summed E-state index contributed by atoms with van der Waals surface area (Å²) in [5, 5.41) is 0. The van der Waals surface area contributed by atoms with Gasteiger partial charge in [0.05, 0.1) is 0 Å². The van der Waals surface area contributed by atoms with Gasteiger partial charge in [0, 0.05) is 0 Å². The zero-order valence-corrected chi connectivity index (χ0v) is 20.7. The van der Waals surface area contributed by atoms with Crippen molar-refractivity contribution in [3.05, 3.63) is 48.6 Å². The van der Waals surface area contributed by atoms with Gasteiger partial charge in [0.25, 0.3) is 0 Å². The van der Waals surface area contributed by atoms with E-state index >= 15 is 0 Å². The minimum absolute atomic E-state index is 0.408. The molecule has 0 nitrogen and oxygen atoms in total. The third kappa shape index (κ3) is 2.56. The van der Waals surface area contributed by atoms with E-state index in [2.05, 4.69) is 79.5 Å². The summed E-state index contributed by atoms with van der Waals surface area (Å²) in [7, 11) is 0. The van der Waals surface area contributed by atoms with E-state index in [1.807, 2.05) is 0 Å². The zero-order chi connectivity index (χ0) is 16.1. The SMILES string of the molecule is C=CC[C@]1([Sn]([CH3])([CH3])[CH3])[C@@H]([Sn]([CH3])([CH3])[CH3])[C@]1(C)c1ccccc1. The Bertz CT molecular complexity index is 521. The normalized spacial score (nSPS) is 32.8. The second-order valence-electron chi connectivity index (χ2n) is 9.08. The van der Waals surface area contributed by atoms with Crippen LogP contribution in [0.3, 0.4) is 0 Å². The van der Waals surface area contributed by atoms with Gasteiger partial charge in [-0.1, -0.05) is 0 Å². The second kappa shape index (κ2) is 5.57. The quantitative estimate of drug-likeness (QED) is 0.330. The first-order chi connectivity index (χ1) is 9.53. The molecule has 2 rings (SSSR count). The van der Waals surface area contributed by atoms with Crippen LogP contribution in [0.2, 0.25) is 37.0 Å². The summed E-state index contributed by atoms with van der Waals surface area (Å²) in [6, 6.07) is 11.4. The molecule has 21 heavy (non-hydrogen) atoms. The van der Waals surface area contributed by atoms with Gasteiger partial charge in [-0.25, -0.2) is 0 Å². The summed E-state index contributed by atoms with van der Waals surface area (Å²) in [6.45, 7) is 6.72.